The van der Waals surface area contributed by atoms with E-state index in [1.807, 2.05) is 54.6 Å². The zero-order valence-corrected chi connectivity index (χ0v) is 18.6. The molecule has 0 bridgehead atoms. The second kappa shape index (κ2) is 9.62. The Balaban J connectivity index is 1.52. The van der Waals surface area contributed by atoms with Crippen LogP contribution in [0.3, 0.4) is 0 Å². The highest BCUT2D eigenvalue weighted by molar-refractivity contribution is 8.23. The maximum atomic E-state index is 13.1. The molecule has 2 heterocycles. The minimum Gasteiger partial charge on any atom is -0.497 e. The van der Waals surface area contributed by atoms with Crippen molar-refractivity contribution in [1.29, 1.82) is 0 Å². The third-order valence-electron chi connectivity index (χ3n) is 5.46. The summed E-state index contributed by atoms with van der Waals surface area (Å²) in [6, 6.07) is 17.8. The Hall–Kier alpha value is -2.38. The number of benzene rings is 2. The molecule has 1 saturated heterocycles. The molecule has 2 aromatic rings. The Labute approximate surface area is 187 Å². The Morgan fingerprint density at radius 1 is 1.13 bits per heavy atom. The molecule has 7 heteroatoms. The van der Waals surface area contributed by atoms with E-state index in [9.17, 15) is 4.79 Å². The number of thiocarbonyl (C=S) groups is 1. The van der Waals surface area contributed by atoms with Crippen molar-refractivity contribution < 1.29 is 9.53 Å². The number of hydrazone groups is 1. The van der Waals surface area contributed by atoms with Gasteiger partial charge in [0, 0.05) is 19.5 Å². The number of carbonyl (C=O) groups excluding carboxylic acids is 1. The SMILES string of the molecule is COc1ccc([C@H]2CC(c3ccccc3)=NN2C(=O)CSC(=S)N2CCCC2)cc1. The monoisotopic (exact) mass is 439 g/mol. The van der Waals surface area contributed by atoms with Crippen molar-refractivity contribution in [2.75, 3.05) is 26.0 Å². The van der Waals surface area contributed by atoms with E-state index in [-0.39, 0.29) is 11.9 Å². The average molecular weight is 440 g/mol. The lowest BCUT2D eigenvalue weighted by molar-refractivity contribution is -0.130. The van der Waals surface area contributed by atoms with Crippen molar-refractivity contribution in [3.8, 4) is 5.75 Å². The Morgan fingerprint density at radius 3 is 2.50 bits per heavy atom. The zero-order chi connectivity index (χ0) is 20.9. The van der Waals surface area contributed by atoms with Crippen molar-refractivity contribution in [3.05, 3.63) is 65.7 Å². The van der Waals surface area contributed by atoms with Gasteiger partial charge in [-0.25, -0.2) is 5.01 Å². The van der Waals surface area contributed by atoms with Gasteiger partial charge in [-0.1, -0.05) is 66.4 Å². The van der Waals surface area contributed by atoms with Gasteiger partial charge in [-0.3, -0.25) is 4.79 Å². The summed E-state index contributed by atoms with van der Waals surface area (Å²) in [6.07, 6.45) is 3.03. The first-order valence-corrected chi connectivity index (χ1v) is 11.6. The number of amides is 1. The number of nitrogens with zero attached hydrogens (tertiary/aromatic N) is 3. The number of methoxy groups -OCH3 is 1. The Bertz CT molecular complexity index is 925. The summed E-state index contributed by atoms with van der Waals surface area (Å²) >= 11 is 6.97. The molecule has 0 aromatic heterocycles. The predicted octanol–water partition coefficient (Wildman–Crippen LogP) is 4.49. The van der Waals surface area contributed by atoms with Crippen LogP contribution >= 0.6 is 24.0 Å². The van der Waals surface area contributed by atoms with Gasteiger partial charge in [0.1, 0.15) is 10.1 Å². The molecule has 1 fully saturated rings. The topological polar surface area (TPSA) is 45.1 Å². The molecular weight excluding hydrogens is 414 g/mol. The largest absolute Gasteiger partial charge is 0.497 e. The molecule has 2 aliphatic rings. The van der Waals surface area contributed by atoms with Gasteiger partial charge in [-0.15, -0.1) is 0 Å². The summed E-state index contributed by atoms with van der Waals surface area (Å²) in [5.41, 5.74) is 3.02. The third kappa shape index (κ3) is 4.68. The number of hydrogen-bond acceptors (Lipinski definition) is 5. The van der Waals surface area contributed by atoms with Gasteiger partial charge in [0.15, 0.2) is 0 Å². The molecule has 1 amide bonds. The van der Waals surface area contributed by atoms with E-state index in [1.54, 1.807) is 12.1 Å². The van der Waals surface area contributed by atoms with Crippen molar-refractivity contribution >= 4 is 39.9 Å². The van der Waals surface area contributed by atoms with Crippen molar-refractivity contribution in [2.45, 2.75) is 25.3 Å². The van der Waals surface area contributed by atoms with Crippen LogP contribution in [-0.2, 0) is 4.79 Å². The van der Waals surface area contributed by atoms with Crippen LogP contribution in [0.5, 0.6) is 5.75 Å². The summed E-state index contributed by atoms with van der Waals surface area (Å²) in [7, 11) is 1.65. The van der Waals surface area contributed by atoms with E-state index < -0.39 is 0 Å². The molecule has 2 aromatic carbocycles. The normalized spacial score (nSPS) is 18.4. The van der Waals surface area contributed by atoms with Crippen LogP contribution in [0.2, 0.25) is 0 Å². The standard InChI is InChI=1S/C23H25N3O2S2/c1-28-19-11-9-18(10-12-19)21-15-20(17-7-3-2-4-8-17)24-26(21)22(27)16-30-23(29)25-13-5-6-14-25/h2-4,7-12,21H,5-6,13-16H2,1H3/t21-/m1/s1. The number of ether oxygens (including phenoxy) is 1. The predicted molar refractivity (Wildman–Crippen MR) is 126 cm³/mol. The fraction of sp³-hybridized carbons (Fsp3) is 0.348. The average Bonchev–Trinajstić information content (AvgIpc) is 3.48. The summed E-state index contributed by atoms with van der Waals surface area (Å²) < 4.78 is 6.09. The first-order valence-electron chi connectivity index (χ1n) is 10.2. The number of thioether (sulfide) groups is 1. The summed E-state index contributed by atoms with van der Waals surface area (Å²) in [5, 5.41) is 6.38. The van der Waals surface area contributed by atoms with E-state index in [0.717, 1.165) is 40.0 Å². The molecule has 156 valence electrons. The fourth-order valence-corrected chi connectivity index (χ4v) is 4.92. The Morgan fingerprint density at radius 2 is 1.83 bits per heavy atom. The minimum absolute atomic E-state index is 0.0201. The first kappa shape index (κ1) is 20.9. The van der Waals surface area contributed by atoms with Gasteiger partial charge in [0.05, 0.1) is 24.6 Å². The second-order valence-corrected chi connectivity index (χ2v) is 9.00. The van der Waals surface area contributed by atoms with Gasteiger partial charge in [-0.05, 0) is 36.1 Å². The van der Waals surface area contributed by atoms with Crippen LogP contribution < -0.4 is 4.74 Å². The van der Waals surface area contributed by atoms with Crippen LogP contribution in [0.15, 0.2) is 59.7 Å². The summed E-state index contributed by atoms with van der Waals surface area (Å²) in [6.45, 7) is 1.99. The van der Waals surface area contributed by atoms with Gasteiger partial charge in [-0.2, -0.15) is 5.10 Å². The summed E-state index contributed by atoms with van der Waals surface area (Å²) in [4.78, 5) is 15.3. The van der Waals surface area contributed by atoms with Crippen LogP contribution in [0.4, 0.5) is 0 Å². The number of carbonyl (C=O) groups is 1. The van der Waals surface area contributed by atoms with Crippen LogP contribution in [0, 0.1) is 0 Å². The second-order valence-electron chi connectivity index (χ2n) is 7.39. The quantitative estimate of drug-likeness (QED) is 0.643. The van der Waals surface area contributed by atoms with Crippen LogP contribution in [0.1, 0.15) is 36.4 Å². The minimum atomic E-state index is -0.125. The first-order chi connectivity index (χ1) is 14.7. The highest BCUT2D eigenvalue weighted by Gasteiger charge is 2.33. The number of rotatable bonds is 5. The maximum absolute atomic E-state index is 13.1. The lowest BCUT2D eigenvalue weighted by Crippen LogP contribution is -2.30. The molecule has 4 rings (SSSR count). The Kier molecular flexibility index (Phi) is 6.69. The molecule has 0 N–H and O–H groups in total. The number of hydrogen-bond donors (Lipinski definition) is 0. The fourth-order valence-electron chi connectivity index (χ4n) is 3.81. The van der Waals surface area contributed by atoms with Gasteiger partial charge in [0.25, 0.3) is 5.91 Å². The highest BCUT2D eigenvalue weighted by Crippen LogP contribution is 2.34. The molecule has 2 aliphatic heterocycles. The molecule has 0 unspecified atom stereocenters. The van der Waals surface area contributed by atoms with E-state index in [1.165, 1.54) is 24.6 Å². The van der Waals surface area contributed by atoms with E-state index >= 15 is 0 Å². The lowest BCUT2D eigenvalue weighted by atomic mass is 9.98. The maximum Gasteiger partial charge on any atom is 0.253 e. The number of likely N-dealkylation sites (tertiary alicyclic amines) is 1. The van der Waals surface area contributed by atoms with Crippen molar-refractivity contribution in [2.24, 2.45) is 5.10 Å². The van der Waals surface area contributed by atoms with E-state index in [2.05, 4.69) is 4.90 Å². The molecule has 5 nitrogen and oxygen atoms in total. The molecule has 0 saturated carbocycles. The van der Waals surface area contributed by atoms with Gasteiger partial charge >= 0.3 is 0 Å². The smallest absolute Gasteiger partial charge is 0.253 e. The van der Waals surface area contributed by atoms with E-state index in [4.69, 9.17) is 22.1 Å². The zero-order valence-electron chi connectivity index (χ0n) is 17.0. The molecule has 0 radical (unpaired) electrons. The molecule has 0 aliphatic carbocycles. The lowest BCUT2D eigenvalue weighted by Gasteiger charge is -2.23. The molecule has 0 spiro atoms. The van der Waals surface area contributed by atoms with E-state index in [0.29, 0.717) is 12.2 Å². The van der Waals surface area contributed by atoms with Gasteiger partial charge < -0.3 is 9.64 Å². The molecule has 1 atom stereocenters. The summed E-state index contributed by atoms with van der Waals surface area (Å²) in [5.74, 6) is 1.08. The van der Waals surface area contributed by atoms with Crippen LogP contribution in [0.25, 0.3) is 0 Å². The van der Waals surface area contributed by atoms with Crippen molar-refractivity contribution in [3.63, 3.8) is 0 Å². The highest BCUT2D eigenvalue weighted by atomic mass is 32.2. The third-order valence-corrected chi connectivity index (χ3v) is 6.97. The van der Waals surface area contributed by atoms with Crippen LogP contribution in [-0.4, -0.2) is 51.8 Å². The molecule has 30 heavy (non-hydrogen) atoms. The van der Waals surface area contributed by atoms with Crippen molar-refractivity contribution in [1.82, 2.24) is 9.91 Å². The molecular formula is C23H25N3O2S2. The van der Waals surface area contributed by atoms with Gasteiger partial charge in [0.2, 0.25) is 0 Å².